The van der Waals surface area contributed by atoms with Crippen molar-refractivity contribution in [3.05, 3.63) is 28.8 Å². The van der Waals surface area contributed by atoms with E-state index in [1.165, 1.54) is 0 Å². The molecule has 0 atom stereocenters. The number of alkyl halides is 3. The van der Waals surface area contributed by atoms with Crippen molar-refractivity contribution in [2.24, 2.45) is 0 Å². The average Bonchev–Trinajstić information content (AvgIpc) is 2.80. The van der Waals surface area contributed by atoms with Gasteiger partial charge in [-0.05, 0) is 31.0 Å². The molecule has 0 saturated carbocycles. The second-order valence-electron chi connectivity index (χ2n) is 6.03. The van der Waals surface area contributed by atoms with Gasteiger partial charge in [0.2, 0.25) is 10.0 Å². The largest absolute Gasteiger partial charge is 0.417 e. The van der Waals surface area contributed by atoms with Crippen molar-refractivity contribution in [1.82, 2.24) is 14.9 Å². The van der Waals surface area contributed by atoms with Crippen LogP contribution in [0.2, 0.25) is 5.02 Å². The first kappa shape index (κ1) is 18.9. The normalized spacial score (nSPS) is 20.9. The molecule has 2 aliphatic heterocycles. The van der Waals surface area contributed by atoms with E-state index in [4.69, 9.17) is 11.6 Å². The molecule has 0 unspecified atom stereocenters. The third kappa shape index (κ3) is 3.14. The molecular weight excluding hydrogens is 399 g/mol. The van der Waals surface area contributed by atoms with Gasteiger partial charge in [0, 0.05) is 13.1 Å². The molecule has 12 heteroatoms. The van der Waals surface area contributed by atoms with Crippen molar-refractivity contribution >= 4 is 33.6 Å². The van der Waals surface area contributed by atoms with Crippen LogP contribution in [0.5, 0.6) is 0 Å². The highest BCUT2D eigenvalue weighted by molar-refractivity contribution is 7.89. The number of carbonyl (C=O) groups excluding carboxylic acids is 2. The zero-order chi connectivity index (χ0) is 19.3. The van der Waals surface area contributed by atoms with Gasteiger partial charge in [0.1, 0.15) is 5.54 Å². The van der Waals surface area contributed by atoms with Crippen LogP contribution in [0.15, 0.2) is 23.1 Å². The van der Waals surface area contributed by atoms with Crippen molar-refractivity contribution < 1.29 is 31.2 Å². The van der Waals surface area contributed by atoms with Gasteiger partial charge in [0.15, 0.2) is 0 Å². The van der Waals surface area contributed by atoms with Gasteiger partial charge in [-0.1, -0.05) is 11.6 Å². The van der Waals surface area contributed by atoms with Gasteiger partial charge in [0.05, 0.1) is 15.5 Å². The lowest BCUT2D eigenvalue weighted by Crippen LogP contribution is -2.55. The number of halogens is 4. The Kier molecular flexibility index (Phi) is 4.44. The first-order valence-electron chi connectivity index (χ1n) is 7.46. The minimum atomic E-state index is -4.79. The monoisotopic (exact) mass is 411 g/mol. The summed E-state index contributed by atoms with van der Waals surface area (Å²) in [7, 11) is -4.21. The number of sulfonamides is 1. The fourth-order valence-corrected chi connectivity index (χ4v) is 4.71. The van der Waals surface area contributed by atoms with Crippen LogP contribution in [-0.4, -0.2) is 43.3 Å². The molecule has 1 aromatic carbocycles. The summed E-state index contributed by atoms with van der Waals surface area (Å²) in [6.07, 6.45) is -4.76. The van der Waals surface area contributed by atoms with E-state index in [2.05, 4.69) is 10.6 Å². The minimum absolute atomic E-state index is 0.0174. The number of nitrogens with one attached hydrogen (secondary N) is 2. The van der Waals surface area contributed by atoms with Crippen LogP contribution >= 0.6 is 11.6 Å². The third-order valence-corrected chi connectivity index (χ3v) is 6.70. The number of nitrogens with zero attached hydrogens (tertiary/aromatic N) is 1. The van der Waals surface area contributed by atoms with Crippen LogP contribution in [0, 0.1) is 0 Å². The summed E-state index contributed by atoms with van der Waals surface area (Å²) in [4.78, 5) is 22.6. The molecule has 7 nitrogen and oxygen atoms in total. The number of hydrogen-bond donors (Lipinski definition) is 2. The second kappa shape index (κ2) is 6.10. The summed E-state index contributed by atoms with van der Waals surface area (Å²) < 4.78 is 65.2. The molecule has 2 heterocycles. The first-order chi connectivity index (χ1) is 12.0. The standard InChI is InChI=1S/C14H13ClF3N3O4S/c15-10-2-1-8(7-9(10)14(16,17)18)26(24,25)21-5-3-13(4-6-21)11(22)19-12(23)20-13/h1-2,7H,3-6H2,(H2,19,20,22,23). The number of benzene rings is 1. The Balaban J connectivity index is 1.85. The van der Waals surface area contributed by atoms with Gasteiger partial charge in [-0.2, -0.15) is 17.5 Å². The molecule has 0 radical (unpaired) electrons. The van der Waals surface area contributed by atoms with Crippen LogP contribution in [0.4, 0.5) is 18.0 Å². The zero-order valence-corrected chi connectivity index (χ0v) is 14.6. The van der Waals surface area contributed by atoms with Crippen molar-refractivity contribution in [3.63, 3.8) is 0 Å². The van der Waals surface area contributed by atoms with E-state index in [9.17, 15) is 31.2 Å². The van der Waals surface area contributed by atoms with Crippen molar-refractivity contribution in [3.8, 4) is 0 Å². The van der Waals surface area contributed by atoms with Crippen molar-refractivity contribution in [1.29, 1.82) is 0 Å². The molecule has 2 N–H and O–H groups in total. The molecule has 142 valence electrons. The Morgan fingerprint density at radius 2 is 1.77 bits per heavy atom. The van der Waals surface area contributed by atoms with E-state index in [-0.39, 0.29) is 25.9 Å². The van der Waals surface area contributed by atoms with Gasteiger partial charge in [-0.3, -0.25) is 10.1 Å². The van der Waals surface area contributed by atoms with Crippen LogP contribution in [0.3, 0.4) is 0 Å². The third-order valence-electron chi connectivity index (χ3n) is 4.47. The van der Waals surface area contributed by atoms with Crippen LogP contribution in [-0.2, 0) is 21.0 Å². The van der Waals surface area contributed by atoms with Crippen molar-refractivity contribution in [2.75, 3.05) is 13.1 Å². The Labute approximate surface area is 151 Å². The summed E-state index contributed by atoms with van der Waals surface area (Å²) in [5.41, 5.74) is -2.42. The molecule has 0 bridgehead atoms. The molecule has 1 spiro atoms. The molecule has 2 saturated heterocycles. The highest BCUT2D eigenvalue weighted by Gasteiger charge is 2.49. The van der Waals surface area contributed by atoms with Crippen LogP contribution < -0.4 is 10.6 Å². The van der Waals surface area contributed by atoms with Gasteiger partial charge in [-0.25, -0.2) is 13.2 Å². The number of urea groups is 1. The lowest BCUT2D eigenvalue weighted by molar-refractivity contribution is -0.137. The number of carbonyl (C=O) groups is 2. The van der Waals surface area contributed by atoms with Gasteiger partial charge < -0.3 is 5.32 Å². The summed E-state index contributed by atoms with van der Waals surface area (Å²) in [6, 6.07) is 1.72. The molecule has 2 aliphatic rings. The number of hydrogen-bond acceptors (Lipinski definition) is 4. The zero-order valence-electron chi connectivity index (χ0n) is 13.1. The highest BCUT2D eigenvalue weighted by atomic mass is 35.5. The van der Waals surface area contributed by atoms with Gasteiger partial charge in [0.25, 0.3) is 5.91 Å². The maximum absolute atomic E-state index is 13.0. The van der Waals surface area contributed by atoms with E-state index in [0.717, 1.165) is 16.4 Å². The molecule has 1 aromatic rings. The van der Waals surface area contributed by atoms with E-state index >= 15 is 0 Å². The maximum Gasteiger partial charge on any atom is 0.417 e. The summed E-state index contributed by atoms with van der Waals surface area (Å²) in [6.45, 7) is -0.250. The predicted molar refractivity (Wildman–Crippen MR) is 83.9 cm³/mol. The Bertz CT molecular complexity index is 880. The Hall–Kier alpha value is -1.85. The van der Waals surface area contributed by atoms with E-state index < -0.39 is 49.2 Å². The quantitative estimate of drug-likeness (QED) is 0.724. The number of amides is 3. The summed E-state index contributed by atoms with van der Waals surface area (Å²) in [5, 5.41) is 3.98. The number of imide groups is 1. The molecule has 0 aliphatic carbocycles. The molecule has 3 amide bonds. The minimum Gasteiger partial charge on any atom is -0.323 e. The average molecular weight is 412 g/mol. The lowest BCUT2D eigenvalue weighted by atomic mass is 9.89. The second-order valence-corrected chi connectivity index (χ2v) is 8.38. The first-order valence-corrected chi connectivity index (χ1v) is 9.28. The van der Waals surface area contributed by atoms with Crippen LogP contribution in [0.1, 0.15) is 18.4 Å². The van der Waals surface area contributed by atoms with Gasteiger partial charge in [-0.15, -0.1) is 0 Å². The molecule has 0 aromatic heterocycles. The van der Waals surface area contributed by atoms with E-state index in [1.807, 2.05) is 0 Å². The molecule has 2 fully saturated rings. The van der Waals surface area contributed by atoms with Crippen LogP contribution in [0.25, 0.3) is 0 Å². The molecular formula is C14H13ClF3N3O4S. The van der Waals surface area contributed by atoms with Gasteiger partial charge >= 0.3 is 12.2 Å². The highest BCUT2D eigenvalue weighted by Crippen LogP contribution is 2.37. The molecule has 26 heavy (non-hydrogen) atoms. The topological polar surface area (TPSA) is 95.6 Å². The summed E-state index contributed by atoms with van der Waals surface area (Å²) in [5.74, 6) is -0.537. The lowest BCUT2D eigenvalue weighted by Gasteiger charge is -2.36. The fourth-order valence-electron chi connectivity index (χ4n) is 3.02. The number of rotatable bonds is 2. The van der Waals surface area contributed by atoms with Crippen molar-refractivity contribution in [2.45, 2.75) is 29.5 Å². The fraction of sp³-hybridized carbons (Fsp3) is 0.429. The smallest absolute Gasteiger partial charge is 0.323 e. The van der Waals surface area contributed by atoms with E-state index in [1.54, 1.807) is 0 Å². The summed E-state index contributed by atoms with van der Waals surface area (Å²) >= 11 is 5.52. The maximum atomic E-state index is 13.0. The SMILES string of the molecule is O=C1NC(=O)C2(CCN(S(=O)(=O)c3ccc(Cl)c(C(F)(F)F)c3)CC2)N1. The number of piperidine rings is 1. The Morgan fingerprint density at radius 1 is 1.15 bits per heavy atom. The Morgan fingerprint density at radius 3 is 2.27 bits per heavy atom. The molecule has 3 rings (SSSR count). The predicted octanol–water partition coefficient (Wildman–Crippen LogP) is 1.72. The van der Waals surface area contributed by atoms with E-state index in [0.29, 0.717) is 6.07 Å².